The van der Waals surface area contributed by atoms with Gasteiger partial charge in [-0.3, -0.25) is 5.10 Å². The van der Waals surface area contributed by atoms with Gasteiger partial charge in [0, 0.05) is 11.1 Å². The summed E-state index contributed by atoms with van der Waals surface area (Å²) in [5.74, 6) is 0.332. The van der Waals surface area contributed by atoms with E-state index >= 15 is 0 Å². The van der Waals surface area contributed by atoms with Crippen LogP contribution in [0.15, 0.2) is 29.7 Å². The lowest BCUT2D eigenvalue weighted by Gasteiger charge is -2.27. The standard InChI is InChI=1S/C19H22N4O3/c1-5-25-13-8-10(6-7-12(13)24)14-11(9-20)17(21)26-18-15(14)16(22-23-18)19(2,3)4/h6-8,14,24H,5,21H2,1-4H3,(H,22,23). The van der Waals surface area contributed by atoms with Crippen molar-refractivity contribution in [2.24, 2.45) is 5.73 Å². The molecule has 1 aromatic heterocycles. The van der Waals surface area contributed by atoms with Gasteiger partial charge in [0.1, 0.15) is 11.6 Å². The van der Waals surface area contributed by atoms with Gasteiger partial charge in [-0.15, -0.1) is 5.10 Å². The van der Waals surface area contributed by atoms with Crippen molar-refractivity contribution in [3.05, 3.63) is 46.5 Å². The summed E-state index contributed by atoms with van der Waals surface area (Å²) in [5, 5.41) is 27.0. The Hall–Kier alpha value is -3.14. The van der Waals surface area contributed by atoms with Crippen molar-refractivity contribution >= 4 is 0 Å². The fraction of sp³-hybridized carbons (Fsp3) is 0.368. The topological polar surface area (TPSA) is 117 Å². The second kappa shape index (κ2) is 6.30. The van der Waals surface area contributed by atoms with E-state index in [1.54, 1.807) is 18.2 Å². The molecule has 136 valence electrons. The highest BCUT2D eigenvalue weighted by atomic mass is 16.5. The van der Waals surface area contributed by atoms with Gasteiger partial charge in [-0.05, 0) is 24.6 Å². The number of phenolic OH excluding ortho intramolecular Hbond substituents is 1. The van der Waals surface area contributed by atoms with Crippen LogP contribution in [0.5, 0.6) is 17.4 Å². The van der Waals surface area contributed by atoms with E-state index in [1.807, 2.05) is 27.7 Å². The minimum atomic E-state index is -0.462. The second-order valence-electron chi connectivity index (χ2n) is 7.15. The van der Waals surface area contributed by atoms with Crippen LogP contribution in [-0.2, 0) is 5.41 Å². The van der Waals surface area contributed by atoms with E-state index < -0.39 is 5.92 Å². The summed E-state index contributed by atoms with van der Waals surface area (Å²) >= 11 is 0. The number of fused-ring (bicyclic) bond motifs is 1. The van der Waals surface area contributed by atoms with Gasteiger partial charge in [-0.25, -0.2) is 0 Å². The molecule has 0 aliphatic carbocycles. The molecule has 1 atom stereocenters. The number of hydrogen-bond donors (Lipinski definition) is 3. The number of phenols is 1. The maximum Gasteiger partial charge on any atom is 0.244 e. The van der Waals surface area contributed by atoms with Crippen LogP contribution < -0.4 is 15.2 Å². The van der Waals surface area contributed by atoms with Crippen molar-refractivity contribution < 1.29 is 14.6 Å². The summed E-state index contributed by atoms with van der Waals surface area (Å²) in [5.41, 5.74) is 8.44. The zero-order chi connectivity index (χ0) is 19.1. The molecular formula is C19H22N4O3. The van der Waals surface area contributed by atoms with Gasteiger partial charge < -0.3 is 20.3 Å². The molecule has 0 amide bonds. The van der Waals surface area contributed by atoms with Crippen LogP contribution in [0.3, 0.4) is 0 Å². The zero-order valence-corrected chi connectivity index (χ0v) is 15.3. The number of aromatic amines is 1. The average molecular weight is 354 g/mol. The Bertz CT molecular complexity index is 916. The number of rotatable bonds is 3. The number of nitrogens with one attached hydrogen (secondary N) is 1. The lowest BCUT2D eigenvalue weighted by Crippen LogP contribution is -2.23. The van der Waals surface area contributed by atoms with Gasteiger partial charge in [-0.2, -0.15) is 5.26 Å². The van der Waals surface area contributed by atoms with Crippen LogP contribution in [0.2, 0.25) is 0 Å². The third kappa shape index (κ3) is 2.84. The van der Waals surface area contributed by atoms with E-state index in [-0.39, 0.29) is 17.0 Å². The summed E-state index contributed by atoms with van der Waals surface area (Å²) < 4.78 is 11.1. The maximum absolute atomic E-state index is 10.0. The molecule has 7 heteroatoms. The first-order valence-corrected chi connectivity index (χ1v) is 8.40. The maximum atomic E-state index is 10.0. The van der Waals surface area contributed by atoms with Crippen LogP contribution in [0.1, 0.15) is 50.4 Å². The molecular weight excluding hydrogens is 332 g/mol. The Kier molecular flexibility index (Phi) is 4.28. The van der Waals surface area contributed by atoms with Crippen molar-refractivity contribution in [3.63, 3.8) is 0 Å². The minimum Gasteiger partial charge on any atom is -0.504 e. The highest BCUT2D eigenvalue weighted by Gasteiger charge is 2.38. The third-order valence-corrected chi connectivity index (χ3v) is 4.31. The molecule has 1 unspecified atom stereocenters. The number of benzene rings is 1. The molecule has 0 radical (unpaired) electrons. The van der Waals surface area contributed by atoms with E-state index in [0.717, 1.165) is 16.8 Å². The van der Waals surface area contributed by atoms with Crippen molar-refractivity contribution in [3.8, 4) is 23.4 Å². The zero-order valence-electron chi connectivity index (χ0n) is 15.3. The Balaban J connectivity index is 2.24. The number of allylic oxidation sites excluding steroid dienone is 1. The lowest BCUT2D eigenvalue weighted by atomic mass is 9.79. The fourth-order valence-electron chi connectivity index (χ4n) is 3.13. The highest BCUT2D eigenvalue weighted by molar-refractivity contribution is 5.58. The van der Waals surface area contributed by atoms with Crippen molar-refractivity contribution in [1.82, 2.24) is 10.2 Å². The van der Waals surface area contributed by atoms with Crippen LogP contribution in [0.4, 0.5) is 0 Å². The molecule has 1 aliphatic heterocycles. The van der Waals surface area contributed by atoms with Gasteiger partial charge in [0.15, 0.2) is 11.5 Å². The largest absolute Gasteiger partial charge is 0.504 e. The second-order valence-corrected chi connectivity index (χ2v) is 7.15. The quantitative estimate of drug-likeness (QED) is 0.780. The van der Waals surface area contributed by atoms with Gasteiger partial charge in [0.05, 0.1) is 18.1 Å². The molecule has 0 fully saturated rings. The molecule has 26 heavy (non-hydrogen) atoms. The molecule has 1 aliphatic rings. The number of H-pyrrole nitrogens is 1. The molecule has 0 saturated carbocycles. The number of hydrogen-bond acceptors (Lipinski definition) is 6. The third-order valence-electron chi connectivity index (χ3n) is 4.31. The predicted octanol–water partition coefficient (Wildman–Crippen LogP) is 3.03. The van der Waals surface area contributed by atoms with E-state index in [0.29, 0.717) is 23.8 Å². The van der Waals surface area contributed by atoms with Gasteiger partial charge in [0.2, 0.25) is 11.8 Å². The van der Waals surface area contributed by atoms with Crippen LogP contribution in [-0.4, -0.2) is 21.9 Å². The average Bonchev–Trinajstić information content (AvgIpc) is 2.99. The Morgan fingerprint density at radius 1 is 1.42 bits per heavy atom. The minimum absolute atomic E-state index is 0.0306. The molecule has 2 aromatic rings. The number of ether oxygens (including phenoxy) is 2. The summed E-state index contributed by atoms with van der Waals surface area (Å²) in [6.07, 6.45) is 0. The van der Waals surface area contributed by atoms with Gasteiger partial charge in [-0.1, -0.05) is 26.8 Å². The molecule has 0 saturated heterocycles. The van der Waals surface area contributed by atoms with Gasteiger partial charge >= 0.3 is 0 Å². The SMILES string of the molecule is CCOc1cc(C2C(C#N)=C(N)Oc3n[nH]c(C(C)(C)C)c32)ccc1O. The first-order chi connectivity index (χ1) is 12.3. The lowest BCUT2D eigenvalue weighted by molar-refractivity contribution is 0.317. The number of nitrogens with two attached hydrogens (primary N) is 1. The number of nitrogens with zero attached hydrogens (tertiary/aromatic N) is 2. The van der Waals surface area contributed by atoms with Crippen LogP contribution in [0, 0.1) is 11.3 Å². The van der Waals surface area contributed by atoms with Crippen molar-refractivity contribution in [2.45, 2.75) is 39.0 Å². The monoisotopic (exact) mass is 354 g/mol. The molecule has 2 heterocycles. The molecule has 1 aromatic carbocycles. The Morgan fingerprint density at radius 2 is 2.15 bits per heavy atom. The van der Waals surface area contributed by atoms with E-state index in [1.165, 1.54) is 0 Å². The van der Waals surface area contributed by atoms with Gasteiger partial charge in [0.25, 0.3) is 0 Å². The molecule has 0 bridgehead atoms. The molecule has 0 spiro atoms. The number of nitriles is 1. The molecule has 7 nitrogen and oxygen atoms in total. The molecule has 4 N–H and O–H groups in total. The smallest absolute Gasteiger partial charge is 0.244 e. The fourth-order valence-corrected chi connectivity index (χ4v) is 3.13. The normalized spacial score (nSPS) is 16.7. The Labute approximate surface area is 152 Å². The van der Waals surface area contributed by atoms with E-state index in [4.69, 9.17) is 15.2 Å². The summed E-state index contributed by atoms with van der Waals surface area (Å²) in [6.45, 7) is 8.40. The Morgan fingerprint density at radius 3 is 2.77 bits per heavy atom. The van der Waals surface area contributed by atoms with E-state index in [2.05, 4.69) is 16.3 Å². The number of aromatic hydroxyl groups is 1. The highest BCUT2D eigenvalue weighted by Crippen LogP contribution is 2.46. The summed E-state index contributed by atoms with van der Waals surface area (Å²) in [4.78, 5) is 0. The van der Waals surface area contributed by atoms with E-state index in [9.17, 15) is 10.4 Å². The summed E-state index contributed by atoms with van der Waals surface area (Å²) in [6, 6.07) is 7.19. The number of aromatic nitrogens is 2. The van der Waals surface area contributed by atoms with Crippen LogP contribution >= 0.6 is 0 Å². The van der Waals surface area contributed by atoms with Crippen molar-refractivity contribution in [2.75, 3.05) is 6.61 Å². The van der Waals surface area contributed by atoms with Crippen LogP contribution in [0.25, 0.3) is 0 Å². The first-order valence-electron chi connectivity index (χ1n) is 8.40. The predicted molar refractivity (Wildman–Crippen MR) is 95.9 cm³/mol. The van der Waals surface area contributed by atoms with Crippen molar-refractivity contribution in [1.29, 1.82) is 5.26 Å². The first kappa shape index (κ1) is 17.7. The summed E-state index contributed by atoms with van der Waals surface area (Å²) in [7, 11) is 0. The molecule has 3 rings (SSSR count).